The number of halogens is 1. The van der Waals surface area contributed by atoms with E-state index in [1.165, 1.54) is 25.3 Å². The third-order valence-electron chi connectivity index (χ3n) is 3.87. The average molecular weight is 323 g/mol. The Kier molecular flexibility index (Phi) is 3.06. The molecular formula is C18H10FNO4. The number of hydrogen-bond acceptors (Lipinski definition) is 5. The maximum Gasteiger partial charge on any atom is 0.231 e. The van der Waals surface area contributed by atoms with E-state index in [1.54, 1.807) is 24.3 Å². The molecule has 1 aliphatic carbocycles. The third kappa shape index (κ3) is 1.96. The Balaban J connectivity index is 1.90. The van der Waals surface area contributed by atoms with Crippen LogP contribution in [0.3, 0.4) is 0 Å². The van der Waals surface area contributed by atoms with E-state index in [9.17, 15) is 14.0 Å². The molecule has 1 aromatic heterocycles. The molecule has 4 rings (SSSR count). The van der Waals surface area contributed by atoms with Gasteiger partial charge in [0.1, 0.15) is 11.6 Å². The number of carbonyl (C=O) groups is 2. The van der Waals surface area contributed by atoms with Crippen LogP contribution >= 0.6 is 0 Å². The predicted octanol–water partition coefficient (Wildman–Crippen LogP) is 3.26. The molecule has 24 heavy (non-hydrogen) atoms. The number of aromatic nitrogens is 1. The Morgan fingerprint density at radius 3 is 2.42 bits per heavy atom. The monoisotopic (exact) mass is 323 g/mol. The van der Waals surface area contributed by atoms with Crippen molar-refractivity contribution in [3.8, 4) is 17.2 Å². The van der Waals surface area contributed by atoms with Crippen LogP contribution in [0.5, 0.6) is 5.75 Å². The molecule has 118 valence electrons. The SMILES string of the molecule is COc1ccc(F)c(-c2nc3c(o2)C(=O)c2ccccc2C3=O)c1. The lowest BCUT2D eigenvalue weighted by molar-refractivity contribution is 0.0959. The first-order chi connectivity index (χ1) is 11.6. The molecule has 3 aromatic rings. The van der Waals surface area contributed by atoms with E-state index < -0.39 is 17.4 Å². The van der Waals surface area contributed by atoms with Crippen molar-refractivity contribution in [2.75, 3.05) is 7.11 Å². The molecule has 0 spiro atoms. The summed E-state index contributed by atoms with van der Waals surface area (Å²) in [7, 11) is 1.45. The number of benzene rings is 2. The first-order valence-corrected chi connectivity index (χ1v) is 7.13. The molecule has 1 heterocycles. The molecule has 0 fully saturated rings. The summed E-state index contributed by atoms with van der Waals surface area (Å²) in [4.78, 5) is 29.1. The molecule has 0 bridgehead atoms. The van der Waals surface area contributed by atoms with E-state index in [0.29, 0.717) is 5.75 Å². The number of rotatable bonds is 2. The number of oxazole rings is 1. The zero-order chi connectivity index (χ0) is 16.8. The second kappa shape index (κ2) is 5.13. The number of hydrogen-bond donors (Lipinski definition) is 0. The van der Waals surface area contributed by atoms with Crippen LogP contribution < -0.4 is 4.74 Å². The van der Waals surface area contributed by atoms with Gasteiger partial charge in [-0.15, -0.1) is 0 Å². The largest absolute Gasteiger partial charge is 0.497 e. The Bertz CT molecular complexity index is 954. The molecule has 0 radical (unpaired) electrons. The van der Waals surface area contributed by atoms with Crippen molar-refractivity contribution in [3.05, 3.63) is 70.9 Å². The number of ether oxygens (including phenoxy) is 1. The maximum absolute atomic E-state index is 14.1. The standard InChI is InChI=1S/C18H10FNO4/c1-23-9-6-7-13(19)12(8-9)18-20-14-15(21)10-4-2-3-5-11(10)16(22)17(14)24-18/h2-8H,1H3. The maximum atomic E-state index is 14.1. The van der Waals surface area contributed by atoms with Gasteiger partial charge in [0.2, 0.25) is 23.2 Å². The molecule has 0 saturated carbocycles. The minimum absolute atomic E-state index is 0.0217. The highest BCUT2D eigenvalue weighted by Gasteiger charge is 2.35. The molecular weight excluding hydrogens is 313 g/mol. The molecule has 0 aliphatic heterocycles. The minimum Gasteiger partial charge on any atom is -0.497 e. The highest BCUT2D eigenvalue weighted by atomic mass is 19.1. The summed E-state index contributed by atoms with van der Waals surface area (Å²) in [6, 6.07) is 10.5. The lowest BCUT2D eigenvalue weighted by Crippen LogP contribution is -2.19. The van der Waals surface area contributed by atoms with Gasteiger partial charge >= 0.3 is 0 Å². The first kappa shape index (κ1) is 14.3. The van der Waals surface area contributed by atoms with Gasteiger partial charge in [0.15, 0.2) is 5.69 Å². The third-order valence-corrected chi connectivity index (χ3v) is 3.87. The highest BCUT2D eigenvalue weighted by molar-refractivity contribution is 6.26. The Morgan fingerprint density at radius 1 is 1.00 bits per heavy atom. The van der Waals surface area contributed by atoms with Crippen LogP contribution in [-0.4, -0.2) is 23.7 Å². The highest BCUT2D eigenvalue weighted by Crippen LogP contribution is 2.33. The Morgan fingerprint density at radius 2 is 1.71 bits per heavy atom. The number of nitrogens with zero attached hydrogens (tertiary/aromatic N) is 1. The minimum atomic E-state index is -0.591. The molecule has 5 nitrogen and oxygen atoms in total. The molecule has 0 atom stereocenters. The van der Waals surface area contributed by atoms with Crippen molar-refractivity contribution in [2.24, 2.45) is 0 Å². The van der Waals surface area contributed by atoms with Crippen LogP contribution in [0.1, 0.15) is 32.2 Å². The van der Waals surface area contributed by atoms with Crippen molar-refractivity contribution < 1.29 is 23.1 Å². The van der Waals surface area contributed by atoms with E-state index >= 15 is 0 Å². The Hall–Kier alpha value is -3.28. The van der Waals surface area contributed by atoms with Gasteiger partial charge in [0, 0.05) is 11.1 Å². The Labute approximate surface area is 135 Å². The smallest absolute Gasteiger partial charge is 0.231 e. The fourth-order valence-corrected chi connectivity index (χ4v) is 2.67. The molecule has 0 saturated heterocycles. The van der Waals surface area contributed by atoms with Gasteiger partial charge in [-0.05, 0) is 18.2 Å². The molecule has 6 heteroatoms. The van der Waals surface area contributed by atoms with Gasteiger partial charge in [0.05, 0.1) is 12.7 Å². The van der Waals surface area contributed by atoms with Gasteiger partial charge in [-0.25, -0.2) is 9.37 Å². The summed E-state index contributed by atoms with van der Waals surface area (Å²) in [5, 5.41) is 0. The first-order valence-electron chi connectivity index (χ1n) is 7.13. The fraction of sp³-hybridized carbons (Fsp3) is 0.0556. The number of carbonyl (C=O) groups excluding carboxylic acids is 2. The van der Waals surface area contributed by atoms with E-state index in [1.807, 2.05) is 0 Å². The van der Waals surface area contributed by atoms with Gasteiger partial charge in [-0.2, -0.15) is 0 Å². The van der Waals surface area contributed by atoms with Crippen molar-refractivity contribution in [1.29, 1.82) is 0 Å². The van der Waals surface area contributed by atoms with Crippen LogP contribution in [0.2, 0.25) is 0 Å². The van der Waals surface area contributed by atoms with E-state index in [-0.39, 0.29) is 34.0 Å². The summed E-state index contributed by atoms with van der Waals surface area (Å²) < 4.78 is 24.6. The summed E-state index contributed by atoms with van der Waals surface area (Å²) in [5.41, 5.74) is 0.439. The van der Waals surface area contributed by atoms with Crippen molar-refractivity contribution >= 4 is 11.6 Å². The van der Waals surface area contributed by atoms with Gasteiger partial charge in [-0.1, -0.05) is 24.3 Å². The van der Waals surface area contributed by atoms with Crippen LogP contribution in [0.25, 0.3) is 11.5 Å². The number of ketones is 2. The van der Waals surface area contributed by atoms with Crippen LogP contribution in [0, 0.1) is 5.82 Å². The second-order valence-electron chi connectivity index (χ2n) is 5.25. The van der Waals surface area contributed by atoms with Gasteiger partial charge < -0.3 is 9.15 Å². The summed E-state index contributed by atoms with van der Waals surface area (Å²) in [6.07, 6.45) is 0. The summed E-state index contributed by atoms with van der Waals surface area (Å²) in [5.74, 6) is -1.35. The number of fused-ring (bicyclic) bond motifs is 2. The van der Waals surface area contributed by atoms with E-state index in [0.717, 1.165) is 0 Å². The van der Waals surface area contributed by atoms with Crippen molar-refractivity contribution in [1.82, 2.24) is 4.98 Å². The summed E-state index contributed by atoms with van der Waals surface area (Å²) >= 11 is 0. The lowest BCUT2D eigenvalue weighted by atomic mass is 9.91. The zero-order valence-corrected chi connectivity index (χ0v) is 12.5. The van der Waals surface area contributed by atoms with E-state index in [2.05, 4.69) is 4.98 Å². The average Bonchev–Trinajstić information content (AvgIpc) is 3.06. The normalized spacial score (nSPS) is 12.8. The van der Waals surface area contributed by atoms with Crippen LogP contribution in [0.4, 0.5) is 4.39 Å². The van der Waals surface area contributed by atoms with Crippen LogP contribution in [0.15, 0.2) is 46.9 Å². The van der Waals surface area contributed by atoms with Crippen molar-refractivity contribution in [2.45, 2.75) is 0 Å². The van der Waals surface area contributed by atoms with Gasteiger partial charge in [0.25, 0.3) is 0 Å². The molecule has 2 aromatic carbocycles. The van der Waals surface area contributed by atoms with Crippen molar-refractivity contribution in [3.63, 3.8) is 0 Å². The summed E-state index contributed by atoms with van der Waals surface area (Å²) in [6.45, 7) is 0. The van der Waals surface area contributed by atoms with Gasteiger partial charge in [-0.3, -0.25) is 9.59 Å². The molecule has 0 amide bonds. The molecule has 1 aliphatic rings. The lowest BCUT2D eigenvalue weighted by Gasteiger charge is -2.10. The second-order valence-corrected chi connectivity index (χ2v) is 5.25. The quantitative estimate of drug-likeness (QED) is 0.566. The molecule has 0 N–H and O–H groups in total. The predicted molar refractivity (Wildman–Crippen MR) is 81.8 cm³/mol. The van der Waals surface area contributed by atoms with Crippen LogP contribution in [-0.2, 0) is 0 Å². The zero-order valence-electron chi connectivity index (χ0n) is 12.5. The molecule has 0 unspecified atom stereocenters. The fourth-order valence-electron chi connectivity index (χ4n) is 2.67. The topological polar surface area (TPSA) is 69.4 Å². The van der Waals surface area contributed by atoms with E-state index in [4.69, 9.17) is 9.15 Å². The number of methoxy groups -OCH3 is 1.